The fourth-order valence-corrected chi connectivity index (χ4v) is 2.16. The number of esters is 1. The Bertz CT molecular complexity index is 246. The Morgan fingerprint density at radius 3 is 2.16 bits per heavy atom. The van der Waals surface area contributed by atoms with Crippen molar-refractivity contribution in [2.45, 2.75) is 78.6 Å². The van der Waals surface area contributed by atoms with Crippen LogP contribution in [0.25, 0.3) is 0 Å². The quantitative estimate of drug-likeness (QED) is 0.274. The first-order valence-electron chi connectivity index (χ1n) is 7.94. The van der Waals surface area contributed by atoms with Crippen LogP contribution in [0.3, 0.4) is 0 Å². The van der Waals surface area contributed by atoms with Gasteiger partial charge in [-0.3, -0.25) is 0 Å². The SMILES string of the molecule is C=C(C)C(=O)OCC(CCCC)CCCCCCC. The summed E-state index contributed by atoms with van der Waals surface area (Å²) in [7, 11) is 0. The molecule has 0 saturated heterocycles. The summed E-state index contributed by atoms with van der Waals surface area (Å²) in [6.45, 7) is 10.3. The Morgan fingerprint density at radius 1 is 1.00 bits per heavy atom. The Labute approximate surface area is 119 Å². The van der Waals surface area contributed by atoms with Crippen molar-refractivity contribution < 1.29 is 9.53 Å². The number of carbonyl (C=O) groups excluding carboxylic acids is 1. The third kappa shape index (κ3) is 10.8. The van der Waals surface area contributed by atoms with E-state index in [1.807, 2.05) is 0 Å². The van der Waals surface area contributed by atoms with Gasteiger partial charge in [0.25, 0.3) is 0 Å². The van der Waals surface area contributed by atoms with Gasteiger partial charge in [-0.05, 0) is 25.7 Å². The third-order valence-corrected chi connectivity index (χ3v) is 3.48. The lowest BCUT2D eigenvalue weighted by Gasteiger charge is -2.16. The van der Waals surface area contributed by atoms with Crippen LogP contribution in [0.2, 0.25) is 0 Å². The second-order valence-corrected chi connectivity index (χ2v) is 5.59. The molecule has 0 aliphatic heterocycles. The van der Waals surface area contributed by atoms with Gasteiger partial charge in [-0.2, -0.15) is 0 Å². The van der Waals surface area contributed by atoms with Gasteiger partial charge in [0.1, 0.15) is 0 Å². The smallest absolute Gasteiger partial charge is 0.333 e. The summed E-state index contributed by atoms with van der Waals surface area (Å²) in [6, 6.07) is 0. The van der Waals surface area contributed by atoms with Crippen molar-refractivity contribution in [3.8, 4) is 0 Å². The highest BCUT2D eigenvalue weighted by Gasteiger charge is 2.12. The molecule has 0 spiro atoms. The molecule has 0 amide bonds. The van der Waals surface area contributed by atoms with Crippen molar-refractivity contribution in [1.82, 2.24) is 0 Å². The van der Waals surface area contributed by atoms with Crippen LogP contribution in [-0.4, -0.2) is 12.6 Å². The van der Waals surface area contributed by atoms with Crippen LogP contribution in [0.1, 0.15) is 78.6 Å². The Kier molecular flexibility index (Phi) is 11.7. The van der Waals surface area contributed by atoms with Gasteiger partial charge < -0.3 is 4.74 Å². The maximum Gasteiger partial charge on any atom is 0.333 e. The topological polar surface area (TPSA) is 26.3 Å². The van der Waals surface area contributed by atoms with E-state index in [4.69, 9.17) is 4.74 Å². The van der Waals surface area contributed by atoms with Gasteiger partial charge in [-0.15, -0.1) is 0 Å². The molecule has 0 saturated carbocycles. The monoisotopic (exact) mass is 268 g/mol. The van der Waals surface area contributed by atoms with E-state index in [0.717, 1.165) is 0 Å². The summed E-state index contributed by atoms with van der Waals surface area (Å²) in [5.41, 5.74) is 0.497. The van der Waals surface area contributed by atoms with E-state index in [2.05, 4.69) is 20.4 Å². The number of unbranched alkanes of at least 4 members (excludes halogenated alkanes) is 5. The molecule has 0 aromatic carbocycles. The van der Waals surface area contributed by atoms with Gasteiger partial charge in [0, 0.05) is 5.57 Å². The molecular weight excluding hydrogens is 236 g/mol. The lowest BCUT2D eigenvalue weighted by Crippen LogP contribution is -2.14. The third-order valence-electron chi connectivity index (χ3n) is 3.48. The summed E-state index contributed by atoms with van der Waals surface area (Å²) in [5.74, 6) is 0.289. The zero-order valence-electron chi connectivity index (χ0n) is 13.2. The molecule has 1 atom stereocenters. The molecule has 0 aromatic rings. The lowest BCUT2D eigenvalue weighted by atomic mass is 9.96. The number of hydrogen-bond donors (Lipinski definition) is 0. The number of ether oxygens (including phenoxy) is 1. The Morgan fingerprint density at radius 2 is 1.58 bits per heavy atom. The summed E-state index contributed by atoms with van der Waals surface area (Å²) in [6.07, 6.45) is 11.3. The normalized spacial score (nSPS) is 12.2. The predicted molar refractivity (Wildman–Crippen MR) is 82.2 cm³/mol. The van der Waals surface area contributed by atoms with Gasteiger partial charge in [-0.25, -0.2) is 4.79 Å². The molecule has 1 unspecified atom stereocenters. The van der Waals surface area contributed by atoms with Crippen molar-refractivity contribution in [2.24, 2.45) is 5.92 Å². The minimum Gasteiger partial charge on any atom is -0.462 e. The van der Waals surface area contributed by atoms with Crippen molar-refractivity contribution in [1.29, 1.82) is 0 Å². The molecule has 0 N–H and O–H groups in total. The molecule has 19 heavy (non-hydrogen) atoms. The van der Waals surface area contributed by atoms with Gasteiger partial charge in [0.15, 0.2) is 0 Å². The van der Waals surface area contributed by atoms with Gasteiger partial charge in [-0.1, -0.05) is 65.4 Å². The largest absolute Gasteiger partial charge is 0.462 e. The Hall–Kier alpha value is -0.790. The predicted octanol–water partition coefficient (Wildman–Crippen LogP) is 5.27. The molecule has 0 fully saturated rings. The fraction of sp³-hybridized carbons (Fsp3) is 0.824. The molecule has 2 nitrogen and oxygen atoms in total. The average molecular weight is 268 g/mol. The highest BCUT2D eigenvalue weighted by atomic mass is 16.5. The van der Waals surface area contributed by atoms with E-state index in [1.165, 1.54) is 57.8 Å². The number of rotatable bonds is 12. The number of hydrogen-bond acceptors (Lipinski definition) is 2. The number of carbonyl (C=O) groups is 1. The summed E-state index contributed by atoms with van der Waals surface area (Å²) in [4.78, 5) is 11.4. The average Bonchev–Trinajstić information content (AvgIpc) is 2.40. The molecular formula is C17H32O2. The molecule has 0 radical (unpaired) electrons. The lowest BCUT2D eigenvalue weighted by molar-refractivity contribution is -0.140. The fourth-order valence-electron chi connectivity index (χ4n) is 2.16. The first-order chi connectivity index (χ1) is 9.11. The van der Waals surface area contributed by atoms with E-state index >= 15 is 0 Å². The van der Waals surface area contributed by atoms with E-state index < -0.39 is 0 Å². The maximum absolute atomic E-state index is 11.4. The second-order valence-electron chi connectivity index (χ2n) is 5.59. The van der Waals surface area contributed by atoms with Crippen LogP contribution in [0.5, 0.6) is 0 Å². The standard InChI is InChI=1S/C17H32O2/c1-5-7-9-10-11-13-16(12-8-6-2)14-19-17(18)15(3)4/h16H,3,5-14H2,1-2,4H3. The molecule has 0 heterocycles. The highest BCUT2D eigenvalue weighted by molar-refractivity contribution is 5.86. The van der Waals surface area contributed by atoms with Crippen molar-refractivity contribution >= 4 is 5.97 Å². The van der Waals surface area contributed by atoms with Gasteiger partial charge >= 0.3 is 5.97 Å². The van der Waals surface area contributed by atoms with Crippen LogP contribution in [0, 0.1) is 5.92 Å². The summed E-state index contributed by atoms with van der Waals surface area (Å²) in [5, 5.41) is 0. The molecule has 0 rings (SSSR count). The molecule has 112 valence electrons. The van der Waals surface area contributed by atoms with Gasteiger partial charge in [0.2, 0.25) is 0 Å². The summed E-state index contributed by atoms with van der Waals surface area (Å²) >= 11 is 0. The molecule has 0 bridgehead atoms. The molecule has 0 aliphatic rings. The van der Waals surface area contributed by atoms with Crippen LogP contribution < -0.4 is 0 Å². The first kappa shape index (κ1) is 18.2. The minimum absolute atomic E-state index is 0.243. The van der Waals surface area contributed by atoms with Crippen molar-refractivity contribution in [3.63, 3.8) is 0 Å². The van der Waals surface area contributed by atoms with E-state index in [1.54, 1.807) is 6.92 Å². The Balaban J connectivity index is 3.87. The molecule has 2 heteroatoms. The molecule has 0 aliphatic carbocycles. The van der Waals surface area contributed by atoms with E-state index in [0.29, 0.717) is 18.1 Å². The minimum atomic E-state index is -0.243. The van der Waals surface area contributed by atoms with Crippen molar-refractivity contribution in [3.05, 3.63) is 12.2 Å². The van der Waals surface area contributed by atoms with Crippen LogP contribution in [0.4, 0.5) is 0 Å². The zero-order valence-corrected chi connectivity index (χ0v) is 13.2. The first-order valence-corrected chi connectivity index (χ1v) is 7.94. The maximum atomic E-state index is 11.4. The van der Waals surface area contributed by atoms with E-state index in [-0.39, 0.29) is 5.97 Å². The zero-order chi connectivity index (χ0) is 14.5. The summed E-state index contributed by atoms with van der Waals surface area (Å²) < 4.78 is 5.30. The van der Waals surface area contributed by atoms with Crippen LogP contribution in [0.15, 0.2) is 12.2 Å². The van der Waals surface area contributed by atoms with Crippen LogP contribution >= 0.6 is 0 Å². The molecule has 0 aromatic heterocycles. The van der Waals surface area contributed by atoms with Gasteiger partial charge in [0.05, 0.1) is 6.61 Å². The highest BCUT2D eigenvalue weighted by Crippen LogP contribution is 2.18. The van der Waals surface area contributed by atoms with Crippen molar-refractivity contribution in [2.75, 3.05) is 6.61 Å². The second kappa shape index (κ2) is 12.3. The van der Waals surface area contributed by atoms with Crippen LogP contribution in [-0.2, 0) is 9.53 Å². The van der Waals surface area contributed by atoms with E-state index in [9.17, 15) is 4.79 Å².